The number of nitriles is 1. The highest BCUT2D eigenvalue weighted by Crippen LogP contribution is 2.32. The fourth-order valence-electron chi connectivity index (χ4n) is 3.96. The highest BCUT2D eigenvalue weighted by atomic mass is 32.2. The van der Waals surface area contributed by atoms with Crippen molar-refractivity contribution in [3.63, 3.8) is 0 Å². The van der Waals surface area contributed by atoms with E-state index in [1.807, 2.05) is 0 Å². The van der Waals surface area contributed by atoms with Crippen LogP contribution in [-0.4, -0.2) is 41.1 Å². The molecular weight excluding hydrogens is 442 g/mol. The molecule has 3 heterocycles. The van der Waals surface area contributed by atoms with Crippen molar-refractivity contribution in [2.24, 2.45) is 5.92 Å². The number of rotatable bonds is 4. The van der Waals surface area contributed by atoms with Crippen LogP contribution in [0.1, 0.15) is 39.7 Å². The van der Waals surface area contributed by atoms with E-state index in [1.165, 1.54) is 12.1 Å². The first-order valence-corrected chi connectivity index (χ1v) is 12.3. The third-order valence-corrected chi connectivity index (χ3v) is 8.41. The van der Waals surface area contributed by atoms with Crippen LogP contribution < -0.4 is 10.9 Å². The van der Waals surface area contributed by atoms with Gasteiger partial charge in [-0.2, -0.15) is 10.4 Å². The first-order valence-electron chi connectivity index (χ1n) is 10.8. The molecule has 10 heteroatoms. The van der Waals surface area contributed by atoms with Crippen molar-refractivity contribution in [2.45, 2.75) is 49.3 Å². The number of aromatic amines is 1. The van der Waals surface area contributed by atoms with Gasteiger partial charge in [-0.25, -0.2) is 8.42 Å². The zero-order valence-electron chi connectivity index (χ0n) is 18.8. The predicted octanol–water partition coefficient (Wildman–Crippen LogP) is 3.53. The Bertz CT molecular complexity index is 1360. The molecule has 0 saturated carbocycles. The van der Waals surface area contributed by atoms with Crippen LogP contribution in [0.4, 0.5) is 11.5 Å². The maximum Gasteiger partial charge on any atom is 0.261 e. The summed E-state index contributed by atoms with van der Waals surface area (Å²) in [5.41, 5.74) is 0.881. The summed E-state index contributed by atoms with van der Waals surface area (Å²) in [7, 11) is -3.48. The van der Waals surface area contributed by atoms with E-state index in [2.05, 4.69) is 21.5 Å². The van der Waals surface area contributed by atoms with E-state index in [4.69, 9.17) is 4.74 Å². The Labute approximate surface area is 192 Å². The van der Waals surface area contributed by atoms with Crippen molar-refractivity contribution in [3.8, 4) is 6.07 Å². The van der Waals surface area contributed by atoms with Crippen LogP contribution in [0, 0.1) is 17.2 Å². The number of H-pyrrole nitrogens is 1. The summed E-state index contributed by atoms with van der Waals surface area (Å²) in [5, 5.41) is 17.8. The molecular formula is C23H27N5O4S. The van der Waals surface area contributed by atoms with Crippen molar-refractivity contribution in [1.82, 2.24) is 14.8 Å². The van der Waals surface area contributed by atoms with Gasteiger partial charge in [0.1, 0.15) is 5.39 Å². The number of fused-ring (bicyclic) bond motifs is 1. The van der Waals surface area contributed by atoms with Gasteiger partial charge in [-0.1, -0.05) is 0 Å². The maximum absolute atomic E-state index is 12.7. The summed E-state index contributed by atoms with van der Waals surface area (Å²) >= 11 is 0. The highest BCUT2D eigenvalue weighted by molar-refractivity contribution is 7.92. The molecule has 1 unspecified atom stereocenters. The van der Waals surface area contributed by atoms with Gasteiger partial charge >= 0.3 is 0 Å². The van der Waals surface area contributed by atoms with Crippen LogP contribution in [0.2, 0.25) is 0 Å². The van der Waals surface area contributed by atoms with Crippen LogP contribution >= 0.6 is 0 Å². The van der Waals surface area contributed by atoms with Gasteiger partial charge in [-0.15, -0.1) is 0 Å². The molecule has 1 aliphatic heterocycles. The van der Waals surface area contributed by atoms with Crippen molar-refractivity contribution < 1.29 is 13.2 Å². The largest absolute Gasteiger partial charge is 0.379 e. The molecule has 1 saturated heterocycles. The van der Waals surface area contributed by atoms with Crippen molar-refractivity contribution in [3.05, 3.63) is 46.9 Å². The molecule has 0 spiro atoms. The second kappa shape index (κ2) is 8.65. The van der Waals surface area contributed by atoms with Gasteiger partial charge in [-0.3, -0.25) is 9.48 Å². The van der Waals surface area contributed by atoms with Gasteiger partial charge < -0.3 is 15.0 Å². The second-order valence-corrected chi connectivity index (χ2v) is 11.8. The summed E-state index contributed by atoms with van der Waals surface area (Å²) in [6, 6.07) is 10.2. The SMILES string of the molecule is CC(C)(C)S(=O)(=O)c1ccc(Nc2nn(C3COCCC[C@H]3C#N)c3cc[nH]c(=O)c23)cc1. The Morgan fingerprint density at radius 2 is 1.97 bits per heavy atom. The fraction of sp³-hybridized carbons (Fsp3) is 0.435. The van der Waals surface area contributed by atoms with E-state index in [1.54, 1.807) is 49.8 Å². The molecule has 33 heavy (non-hydrogen) atoms. The molecule has 4 rings (SSSR count). The predicted molar refractivity (Wildman–Crippen MR) is 125 cm³/mol. The Balaban J connectivity index is 1.74. The Hall–Kier alpha value is -3.16. The van der Waals surface area contributed by atoms with Gasteiger partial charge in [0.15, 0.2) is 15.7 Å². The summed E-state index contributed by atoms with van der Waals surface area (Å²) < 4.78 is 31.9. The van der Waals surface area contributed by atoms with Gasteiger partial charge in [0, 0.05) is 18.5 Å². The number of nitrogens with zero attached hydrogens (tertiary/aromatic N) is 3. The van der Waals surface area contributed by atoms with Crippen molar-refractivity contribution in [2.75, 3.05) is 18.5 Å². The molecule has 0 amide bonds. The van der Waals surface area contributed by atoms with Gasteiger partial charge in [0.2, 0.25) is 0 Å². The van der Waals surface area contributed by atoms with Gasteiger partial charge in [0.05, 0.1) is 39.8 Å². The molecule has 0 aliphatic carbocycles. The summed E-state index contributed by atoms with van der Waals surface area (Å²) in [5.74, 6) is 0.0452. The highest BCUT2D eigenvalue weighted by Gasteiger charge is 2.31. The summed E-state index contributed by atoms with van der Waals surface area (Å²) in [6.07, 6.45) is 3.04. The van der Waals surface area contributed by atoms with Gasteiger partial charge in [0.25, 0.3) is 5.56 Å². The number of sulfone groups is 1. The first kappa shape index (κ1) is 23.0. The molecule has 0 bridgehead atoms. The number of pyridine rings is 1. The number of benzene rings is 1. The minimum absolute atomic E-state index is 0.223. The standard InChI is InChI=1S/C23H27N5O4S/c1-23(2,3)33(30,31)17-8-6-16(7-9-17)26-21-20-18(10-11-25-22(20)29)28(27-21)19-14-32-12-4-5-15(19)13-24/h6-11,15,19H,4-5,12,14H2,1-3H3,(H,25,29)(H,26,27)/t15-,19?/m0/s1. The molecule has 0 radical (unpaired) electrons. The van der Waals surface area contributed by atoms with Gasteiger partial charge in [-0.05, 0) is 63.9 Å². The van der Waals surface area contributed by atoms with Crippen molar-refractivity contribution >= 4 is 32.2 Å². The van der Waals surface area contributed by atoms with Crippen LogP contribution in [0.25, 0.3) is 10.9 Å². The molecule has 9 nitrogen and oxygen atoms in total. The number of ether oxygens (including phenoxy) is 1. The minimum atomic E-state index is -3.48. The lowest BCUT2D eigenvalue weighted by molar-refractivity contribution is 0.110. The lowest BCUT2D eigenvalue weighted by atomic mass is 9.97. The second-order valence-electron chi connectivity index (χ2n) is 9.15. The topological polar surface area (TPSA) is 130 Å². The average molecular weight is 470 g/mol. The van der Waals surface area contributed by atoms with E-state index in [0.29, 0.717) is 42.0 Å². The van der Waals surface area contributed by atoms with Crippen molar-refractivity contribution in [1.29, 1.82) is 5.26 Å². The van der Waals surface area contributed by atoms with Crippen LogP contribution in [-0.2, 0) is 14.6 Å². The Morgan fingerprint density at radius 3 is 2.64 bits per heavy atom. The van der Waals surface area contributed by atoms with E-state index < -0.39 is 14.6 Å². The number of anilines is 2. The zero-order valence-corrected chi connectivity index (χ0v) is 19.6. The quantitative estimate of drug-likeness (QED) is 0.598. The monoisotopic (exact) mass is 469 g/mol. The minimum Gasteiger partial charge on any atom is -0.379 e. The molecule has 2 aromatic heterocycles. The van der Waals surface area contributed by atoms with Crippen LogP contribution in [0.3, 0.4) is 0 Å². The average Bonchev–Trinajstić information content (AvgIpc) is 2.97. The summed E-state index contributed by atoms with van der Waals surface area (Å²) in [4.78, 5) is 15.6. The number of hydrogen-bond donors (Lipinski definition) is 2. The Kier molecular flexibility index (Phi) is 6.03. The third kappa shape index (κ3) is 4.26. The molecule has 1 aliphatic rings. The lowest BCUT2D eigenvalue weighted by Gasteiger charge is -2.20. The van der Waals surface area contributed by atoms with Crippen LogP contribution in [0.5, 0.6) is 0 Å². The molecule has 2 atom stereocenters. The Morgan fingerprint density at radius 1 is 1.24 bits per heavy atom. The van der Waals surface area contributed by atoms with E-state index >= 15 is 0 Å². The smallest absolute Gasteiger partial charge is 0.261 e. The first-order chi connectivity index (χ1) is 15.6. The van der Waals surface area contributed by atoms with E-state index in [-0.39, 0.29) is 22.4 Å². The lowest BCUT2D eigenvalue weighted by Crippen LogP contribution is -2.27. The fourth-order valence-corrected chi connectivity index (χ4v) is 5.16. The summed E-state index contributed by atoms with van der Waals surface area (Å²) in [6.45, 7) is 5.89. The molecule has 1 fully saturated rings. The number of nitrogens with one attached hydrogen (secondary N) is 2. The molecule has 1 aromatic carbocycles. The number of hydrogen-bond acceptors (Lipinski definition) is 7. The molecule has 2 N–H and O–H groups in total. The third-order valence-electron chi connectivity index (χ3n) is 5.90. The number of aromatic nitrogens is 3. The zero-order chi connectivity index (χ0) is 23.8. The normalized spacial score (nSPS) is 19.7. The van der Waals surface area contributed by atoms with E-state index in [9.17, 15) is 18.5 Å². The van der Waals surface area contributed by atoms with E-state index in [0.717, 1.165) is 6.42 Å². The molecule has 3 aromatic rings. The molecule has 174 valence electrons. The van der Waals surface area contributed by atoms with Crippen LogP contribution in [0.15, 0.2) is 46.2 Å². The maximum atomic E-state index is 12.7.